The molecule has 0 aliphatic heterocycles. The number of aliphatic hydroxyl groups excluding tert-OH is 1. The van der Waals surface area contributed by atoms with Gasteiger partial charge in [0, 0.05) is 6.20 Å². The second-order valence-electron chi connectivity index (χ2n) is 4.50. The first-order valence-corrected chi connectivity index (χ1v) is 6.59. The van der Waals surface area contributed by atoms with Crippen LogP contribution >= 0.6 is 11.6 Å². The third-order valence-electron chi connectivity index (χ3n) is 3.22. The zero-order valence-corrected chi connectivity index (χ0v) is 11.1. The summed E-state index contributed by atoms with van der Waals surface area (Å²) in [6.45, 7) is 2.06. The minimum absolute atomic E-state index is 0.180. The van der Waals surface area contributed by atoms with Crippen molar-refractivity contribution >= 4 is 17.6 Å². The van der Waals surface area contributed by atoms with Crippen LogP contribution in [0.3, 0.4) is 0 Å². The Balaban J connectivity index is 2.11. The van der Waals surface area contributed by atoms with E-state index in [0.29, 0.717) is 12.2 Å². The lowest BCUT2D eigenvalue weighted by Crippen LogP contribution is -2.21. The first kappa shape index (κ1) is 13.4. The van der Waals surface area contributed by atoms with E-state index in [-0.39, 0.29) is 17.3 Å². The van der Waals surface area contributed by atoms with Gasteiger partial charge in [-0.05, 0) is 32.6 Å². The molecule has 0 atom stereocenters. The van der Waals surface area contributed by atoms with Gasteiger partial charge in [-0.2, -0.15) is 5.10 Å². The van der Waals surface area contributed by atoms with Crippen LogP contribution in [0.15, 0.2) is 6.20 Å². The van der Waals surface area contributed by atoms with Crippen LogP contribution in [-0.2, 0) is 4.74 Å². The summed E-state index contributed by atoms with van der Waals surface area (Å²) in [5.74, 6) is -0.440. The molecule has 1 N–H and O–H groups in total. The number of nitrogens with zero attached hydrogens (tertiary/aromatic N) is 2. The maximum absolute atomic E-state index is 11.6. The molecule has 1 aliphatic rings. The van der Waals surface area contributed by atoms with Crippen LogP contribution in [0.2, 0.25) is 5.15 Å². The smallest absolute Gasteiger partial charge is 0.342 e. The average Bonchev–Trinajstić information content (AvgIpc) is 2.72. The summed E-state index contributed by atoms with van der Waals surface area (Å²) in [5, 5.41) is 13.8. The Kier molecular flexibility index (Phi) is 4.24. The predicted molar refractivity (Wildman–Crippen MR) is 66.7 cm³/mol. The van der Waals surface area contributed by atoms with Crippen molar-refractivity contribution in [3.05, 3.63) is 16.9 Å². The molecular formula is C12H17ClN2O3. The number of carbonyl (C=O) groups excluding carboxylic acids is 1. The van der Waals surface area contributed by atoms with E-state index in [1.54, 1.807) is 17.8 Å². The molecule has 1 heterocycles. The highest BCUT2D eigenvalue weighted by Gasteiger charge is 2.24. The number of aromatic nitrogens is 2. The van der Waals surface area contributed by atoms with E-state index in [1.165, 1.54) is 0 Å². The Morgan fingerprint density at radius 3 is 2.83 bits per heavy atom. The Labute approximate surface area is 111 Å². The molecule has 1 fully saturated rings. The zero-order chi connectivity index (χ0) is 13.1. The Morgan fingerprint density at radius 1 is 1.56 bits per heavy atom. The van der Waals surface area contributed by atoms with Gasteiger partial charge in [0.1, 0.15) is 5.56 Å². The van der Waals surface area contributed by atoms with Crippen LogP contribution in [0.25, 0.3) is 0 Å². The fraction of sp³-hybridized carbons (Fsp3) is 0.667. The maximum Gasteiger partial charge on any atom is 0.342 e. The van der Waals surface area contributed by atoms with E-state index in [2.05, 4.69) is 5.10 Å². The number of hydrogen-bond donors (Lipinski definition) is 1. The van der Waals surface area contributed by atoms with Gasteiger partial charge in [-0.25, -0.2) is 4.79 Å². The summed E-state index contributed by atoms with van der Waals surface area (Å²) < 4.78 is 6.63. The van der Waals surface area contributed by atoms with E-state index in [4.69, 9.17) is 16.3 Å². The minimum Gasteiger partial charge on any atom is -0.462 e. The molecule has 0 unspecified atom stereocenters. The Hall–Kier alpha value is -1.07. The van der Waals surface area contributed by atoms with E-state index < -0.39 is 5.97 Å². The molecule has 1 aromatic rings. The number of carbonyl (C=O) groups is 1. The molecule has 6 heteroatoms. The van der Waals surface area contributed by atoms with Crippen molar-refractivity contribution in [2.45, 2.75) is 44.8 Å². The Bertz CT molecular complexity index is 425. The fourth-order valence-corrected chi connectivity index (χ4v) is 2.44. The van der Waals surface area contributed by atoms with E-state index >= 15 is 0 Å². The van der Waals surface area contributed by atoms with Gasteiger partial charge < -0.3 is 9.84 Å². The molecule has 2 rings (SSSR count). The third kappa shape index (κ3) is 2.84. The summed E-state index contributed by atoms with van der Waals surface area (Å²) in [6.07, 6.45) is 4.65. The quantitative estimate of drug-likeness (QED) is 0.857. The first-order valence-electron chi connectivity index (χ1n) is 6.21. The lowest BCUT2D eigenvalue weighted by Gasteiger charge is -2.25. The summed E-state index contributed by atoms with van der Waals surface area (Å²) in [7, 11) is 0. The standard InChI is InChI=1S/C12H17ClN2O3/c1-2-18-12(17)10-7-15(14-11(10)13)8-3-5-9(16)6-4-8/h7-9,16H,2-6H2,1H3/t8-,9+. The summed E-state index contributed by atoms with van der Waals surface area (Å²) in [4.78, 5) is 11.6. The number of aliphatic hydroxyl groups is 1. The van der Waals surface area contributed by atoms with Crippen LogP contribution in [0.5, 0.6) is 0 Å². The van der Waals surface area contributed by atoms with Crippen LogP contribution in [0.1, 0.15) is 49.0 Å². The first-order chi connectivity index (χ1) is 8.61. The molecular weight excluding hydrogens is 256 g/mol. The van der Waals surface area contributed by atoms with Crippen molar-refractivity contribution < 1.29 is 14.6 Å². The van der Waals surface area contributed by atoms with Crippen LogP contribution < -0.4 is 0 Å². The second-order valence-corrected chi connectivity index (χ2v) is 4.85. The van der Waals surface area contributed by atoms with Crippen LogP contribution in [0.4, 0.5) is 0 Å². The van der Waals surface area contributed by atoms with Crippen molar-refractivity contribution in [3.8, 4) is 0 Å². The van der Waals surface area contributed by atoms with Crippen LogP contribution in [0, 0.1) is 0 Å². The van der Waals surface area contributed by atoms with Gasteiger partial charge in [-0.3, -0.25) is 4.68 Å². The number of esters is 1. The largest absolute Gasteiger partial charge is 0.462 e. The van der Waals surface area contributed by atoms with Crippen molar-refractivity contribution in [1.29, 1.82) is 0 Å². The second kappa shape index (κ2) is 5.71. The molecule has 0 spiro atoms. The molecule has 0 bridgehead atoms. The predicted octanol–water partition coefficient (Wildman–Crippen LogP) is 2.19. The van der Waals surface area contributed by atoms with E-state index in [1.807, 2.05) is 0 Å². The van der Waals surface area contributed by atoms with Crippen LogP contribution in [-0.4, -0.2) is 33.6 Å². The Morgan fingerprint density at radius 2 is 2.22 bits per heavy atom. The fourth-order valence-electron chi connectivity index (χ4n) is 2.23. The SMILES string of the molecule is CCOC(=O)c1cn([C@H]2CC[C@@H](O)CC2)nc1Cl. The van der Waals surface area contributed by atoms with Crippen molar-refractivity contribution in [3.63, 3.8) is 0 Å². The topological polar surface area (TPSA) is 64.3 Å². The average molecular weight is 273 g/mol. The molecule has 0 amide bonds. The molecule has 1 saturated carbocycles. The summed E-state index contributed by atoms with van der Waals surface area (Å²) in [5.41, 5.74) is 0.310. The summed E-state index contributed by atoms with van der Waals surface area (Å²) >= 11 is 5.94. The van der Waals surface area contributed by atoms with Gasteiger partial charge in [0.2, 0.25) is 0 Å². The molecule has 100 valence electrons. The molecule has 1 aromatic heterocycles. The minimum atomic E-state index is -0.440. The van der Waals surface area contributed by atoms with Gasteiger partial charge in [0.15, 0.2) is 5.15 Å². The highest BCUT2D eigenvalue weighted by Crippen LogP contribution is 2.29. The number of rotatable bonds is 3. The van der Waals surface area contributed by atoms with E-state index in [0.717, 1.165) is 25.7 Å². The monoisotopic (exact) mass is 272 g/mol. The van der Waals surface area contributed by atoms with Gasteiger partial charge >= 0.3 is 5.97 Å². The lowest BCUT2D eigenvalue weighted by atomic mass is 9.93. The highest BCUT2D eigenvalue weighted by molar-refractivity contribution is 6.32. The van der Waals surface area contributed by atoms with Crippen molar-refractivity contribution in [2.75, 3.05) is 6.61 Å². The zero-order valence-electron chi connectivity index (χ0n) is 10.3. The number of halogens is 1. The van der Waals surface area contributed by atoms with Gasteiger partial charge in [0.05, 0.1) is 18.8 Å². The van der Waals surface area contributed by atoms with Gasteiger partial charge in [-0.1, -0.05) is 11.6 Å². The van der Waals surface area contributed by atoms with Gasteiger partial charge in [0.25, 0.3) is 0 Å². The highest BCUT2D eigenvalue weighted by atomic mass is 35.5. The van der Waals surface area contributed by atoms with E-state index in [9.17, 15) is 9.90 Å². The van der Waals surface area contributed by atoms with Crippen molar-refractivity contribution in [2.24, 2.45) is 0 Å². The molecule has 18 heavy (non-hydrogen) atoms. The summed E-state index contributed by atoms with van der Waals surface area (Å²) in [6, 6.07) is 0.203. The normalized spacial score (nSPS) is 23.9. The molecule has 0 aromatic carbocycles. The third-order valence-corrected chi connectivity index (χ3v) is 3.50. The molecule has 1 aliphatic carbocycles. The maximum atomic E-state index is 11.6. The number of ether oxygens (including phenoxy) is 1. The molecule has 0 radical (unpaired) electrons. The number of hydrogen-bond acceptors (Lipinski definition) is 4. The molecule has 5 nitrogen and oxygen atoms in total. The van der Waals surface area contributed by atoms with Gasteiger partial charge in [-0.15, -0.1) is 0 Å². The van der Waals surface area contributed by atoms with Crippen molar-refractivity contribution in [1.82, 2.24) is 9.78 Å². The molecule has 0 saturated heterocycles. The lowest BCUT2D eigenvalue weighted by molar-refractivity contribution is 0.0526.